The Labute approximate surface area is 105 Å². The molecule has 1 fully saturated rings. The van der Waals surface area contributed by atoms with Crippen LogP contribution in [0.2, 0.25) is 0 Å². The molecule has 0 aliphatic carbocycles. The number of rotatable bonds is 5. The first kappa shape index (κ1) is 14.3. The van der Waals surface area contributed by atoms with Crippen LogP contribution in [0.3, 0.4) is 0 Å². The van der Waals surface area contributed by atoms with E-state index in [-0.39, 0.29) is 12.8 Å². The van der Waals surface area contributed by atoms with E-state index in [0.717, 1.165) is 6.42 Å². The monoisotopic (exact) mass is 257 g/mol. The average Bonchev–Trinajstić information content (AvgIpc) is 2.70. The van der Waals surface area contributed by atoms with Crippen LogP contribution in [0, 0.1) is 5.92 Å². The Morgan fingerprint density at radius 2 is 2.17 bits per heavy atom. The van der Waals surface area contributed by atoms with Gasteiger partial charge >= 0.3 is 12.0 Å². The van der Waals surface area contributed by atoms with Gasteiger partial charge in [0.25, 0.3) is 0 Å². The SMILES string of the molecule is CC1CCN(C(=O)N[C@H](CCC(N)=O)C(=O)O)C1. The highest BCUT2D eigenvalue weighted by molar-refractivity contribution is 5.83. The van der Waals surface area contributed by atoms with Crippen LogP contribution in [0.4, 0.5) is 4.79 Å². The smallest absolute Gasteiger partial charge is 0.326 e. The van der Waals surface area contributed by atoms with E-state index in [1.807, 2.05) is 6.92 Å². The lowest BCUT2D eigenvalue weighted by Crippen LogP contribution is -2.47. The van der Waals surface area contributed by atoms with Crippen LogP contribution < -0.4 is 11.1 Å². The zero-order valence-corrected chi connectivity index (χ0v) is 10.4. The molecule has 7 nitrogen and oxygen atoms in total. The summed E-state index contributed by atoms with van der Waals surface area (Å²) in [4.78, 5) is 34.9. The number of carbonyl (C=O) groups excluding carboxylic acids is 2. The van der Waals surface area contributed by atoms with E-state index in [4.69, 9.17) is 10.8 Å². The Bertz CT molecular complexity index is 345. The number of aliphatic carboxylic acids is 1. The van der Waals surface area contributed by atoms with Crippen LogP contribution in [-0.2, 0) is 9.59 Å². The Kier molecular flexibility index (Phi) is 4.94. The largest absolute Gasteiger partial charge is 0.480 e. The van der Waals surface area contributed by atoms with Gasteiger partial charge in [-0.3, -0.25) is 4.79 Å². The molecule has 3 amide bonds. The number of amides is 3. The van der Waals surface area contributed by atoms with Crippen molar-refractivity contribution in [1.29, 1.82) is 0 Å². The van der Waals surface area contributed by atoms with E-state index in [9.17, 15) is 14.4 Å². The number of nitrogens with two attached hydrogens (primary N) is 1. The summed E-state index contributed by atoms with van der Waals surface area (Å²) in [6, 6.07) is -1.46. The van der Waals surface area contributed by atoms with E-state index in [0.29, 0.717) is 19.0 Å². The highest BCUT2D eigenvalue weighted by Gasteiger charge is 2.27. The third kappa shape index (κ3) is 4.23. The maximum Gasteiger partial charge on any atom is 0.326 e. The third-order valence-corrected chi connectivity index (χ3v) is 2.99. The number of primary amides is 1. The quantitative estimate of drug-likeness (QED) is 0.630. The molecule has 0 aromatic heterocycles. The van der Waals surface area contributed by atoms with Crippen LogP contribution in [0.1, 0.15) is 26.2 Å². The van der Waals surface area contributed by atoms with Gasteiger partial charge in [-0.2, -0.15) is 0 Å². The predicted molar refractivity (Wildman–Crippen MR) is 63.7 cm³/mol. The number of urea groups is 1. The van der Waals surface area contributed by atoms with Gasteiger partial charge in [-0.25, -0.2) is 9.59 Å². The second kappa shape index (κ2) is 6.23. The van der Waals surface area contributed by atoms with Gasteiger partial charge < -0.3 is 21.1 Å². The summed E-state index contributed by atoms with van der Waals surface area (Å²) < 4.78 is 0. The Morgan fingerprint density at radius 3 is 2.61 bits per heavy atom. The molecule has 1 rings (SSSR count). The number of nitrogens with zero attached hydrogens (tertiary/aromatic N) is 1. The first-order valence-corrected chi connectivity index (χ1v) is 5.96. The molecule has 102 valence electrons. The van der Waals surface area contributed by atoms with Crippen LogP contribution in [0.5, 0.6) is 0 Å². The van der Waals surface area contributed by atoms with Gasteiger partial charge in [-0.15, -0.1) is 0 Å². The van der Waals surface area contributed by atoms with E-state index in [1.165, 1.54) is 0 Å². The highest BCUT2D eigenvalue weighted by Crippen LogP contribution is 2.15. The van der Waals surface area contributed by atoms with Gasteiger partial charge in [0.1, 0.15) is 6.04 Å². The molecular formula is C11H19N3O4. The molecule has 18 heavy (non-hydrogen) atoms. The minimum Gasteiger partial charge on any atom is -0.480 e. The van der Waals surface area contributed by atoms with Gasteiger partial charge in [0.05, 0.1) is 0 Å². The molecule has 0 radical (unpaired) electrons. The topological polar surface area (TPSA) is 113 Å². The maximum absolute atomic E-state index is 11.8. The van der Waals surface area contributed by atoms with Gasteiger partial charge in [-0.1, -0.05) is 6.92 Å². The predicted octanol–water partition coefficient (Wildman–Crippen LogP) is -0.243. The van der Waals surface area contributed by atoms with Crippen LogP contribution in [0.15, 0.2) is 0 Å². The lowest BCUT2D eigenvalue weighted by molar-refractivity contribution is -0.139. The Morgan fingerprint density at radius 1 is 1.50 bits per heavy atom. The molecule has 4 N–H and O–H groups in total. The van der Waals surface area contributed by atoms with Crippen LogP contribution >= 0.6 is 0 Å². The summed E-state index contributed by atoms with van der Waals surface area (Å²) in [7, 11) is 0. The maximum atomic E-state index is 11.8. The lowest BCUT2D eigenvalue weighted by atomic mass is 10.1. The summed E-state index contributed by atoms with van der Waals surface area (Å²) >= 11 is 0. The molecule has 7 heteroatoms. The number of carboxylic acids is 1. The van der Waals surface area contributed by atoms with Crippen molar-refractivity contribution < 1.29 is 19.5 Å². The van der Waals surface area contributed by atoms with Gasteiger partial charge in [0, 0.05) is 19.5 Å². The zero-order valence-electron chi connectivity index (χ0n) is 10.4. The second-order valence-electron chi connectivity index (χ2n) is 4.69. The molecule has 0 aromatic carbocycles. The van der Waals surface area contributed by atoms with Crippen LogP contribution in [-0.4, -0.2) is 47.0 Å². The Hall–Kier alpha value is -1.79. The number of nitrogens with one attached hydrogen (secondary N) is 1. The molecule has 1 heterocycles. The minimum absolute atomic E-state index is 0.0137. The first-order valence-electron chi connectivity index (χ1n) is 5.96. The summed E-state index contributed by atoms with van der Waals surface area (Å²) in [5.74, 6) is -1.30. The first-order chi connectivity index (χ1) is 8.40. The Balaban J connectivity index is 2.47. The number of carboxylic acid groups (broad SMARTS) is 1. The van der Waals surface area contributed by atoms with Gasteiger partial charge in [0.15, 0.2) is 0 Å². The molecule has 1 saturated heterocycles. The van der Waals surface area contributed by atoms with Crippen molar-refractivity contribution in [2.24, 2.45) is 11.7 Å². The summed E-state index contributed by atoms with van der Waals surface area (Å²) in [5.41, 5.74) is 4.96. The van der Waals surface area contributed by atoms with Crippen molar-refractivity contribution in [3.63, 3.8) is 0 Å². The zero-order chi connectivity index (χ0) is 13.7. The van der Waals surface area contributed by atoms with Gasteiger partial charge in [-0.05, 0) is 18.8 Å². The molecule has 0 spiro atoms. The van der Waals surface area contributed by atoms with Crippen molar-refractivity contribution >= 4 is 17.9 Å². The normalized spacial score (nSPS) is 20.5. The van der Waals surface area contributed by atoms with Crippen molar-refractivity contribution in [2.75, 3.05) is 13.1 Å². The summed E-state index contributed by atoms with van der Waals surface area (Å²) in [6.07, 6.45) is 0.875. The van der Waals surface area contributed by atoms with Crippen molar-refractivity contribution in [3.05, 3.63) is 0 Å². The molecule has 0 aromatic rings. The number of hydrogen-bond acceptors (Lipinski definition) is 3. The fourth-order valence-electron chi connectivity index (χ4n) is 1.90. The number of hydrogen-bond donors (Lipinski definition) is 3. The van der Waals surface area contributed by atoms with E-state index in [2.05, 4.69) is 5.32 Å². The van der Waals surface area contributed by atoms with E-state index in [1.54, 1.807) is 4.90 Å². The summed E-state index contributed by atoms with van der Waals surface area (Å²) in [6.45, 7) is 3.30. The molecule has 2 atom stereocenters. The van der Waals surface area contributed by atoms with Crippen LogP contribution in [0.25, 0.3) is 0 Å². The van der Waals surface area contributed by atoms with Crippen molar-refractivity contribution in [3.8, 4) is 0 Å². The standard InChI is InChI=1S/C11H19N3O4/c1-7-4-5-14(6-7)11(18)13-8(10(16)17)2-3-9(12)15/h7-8H,2-6H2,1H3,(H2,12,15)(H,13,18)(H,16,17)/t7?,8-/m1/s1. The third-order valence-electron chi connectivity index (χ3n) is 2.99. The fraction of sp³-hybridized carbons (Fsp3) is 0.727. The fourth-order valence-corrected chi connectivity index (χ4v) is 1.90. The average molecular weight is 257 g/mol. The minimum atomic E-state index is -1.16. The summed E-state index contributed by atoms with van der Waals surface area (Å²) in [5, 5.41) is 11.4. The molecule has 0 saturated carbocycles. The second-order valence-corrected chi connectivity index (χ2v) is 4.69. The van der Waals surface area contributed by atoms with E-state index >= 15 is 0 Å². The number of likely N-dealkylation sites (tertiary alicyclic amines) is 1. The number of carbonyl (C=O) groups is 3. The van der Waals surface area contributed by atoms with E-state index < -0.39 is 23.9 Å². The molecule has 1 unspecified atom stereocenters. The van der Waals surface area contributed by atoms with Crippen molar-refractivity contribution in [1.82, 2.24) is 10.2 Å². The molecule has 0 bridgehead atoms. The molecule has 1 aliphatic rings. The lowest BCUT2D eigenvalue weighted by Gasteiger charge is -2.20. The molecule has 1 aliphatic heterocycles. The molecular weight excluding hydrogens is 238 g/mol. The van der Waals surface area contributed by atoms with Gasteiger partial charge in [0.2, 0.25) is 5.91 Å². The van der Waals surface area contributed by atoms with Crippen molar-refractivity contribution in [2.45, 2.75) is 32.2 Å². The highest BCUT2D eigenvalue weighted by atomic mass is 16.4.